The van der Waals surface area contributed by atoms with Crippen molar-refractivity contribution in [1.82, 2.24) is 14.7 Å². The van der Waals surface area contributed by atoms with Crippen LogP contribution < -0.4 is 5.73 Å². The molecule has 5 nitrogen and oxygen atoms in total. The Kier molecular flexibility index (Phi) is 7.40. The molecule has 0 aromatic heterocycles. The second kappa shape index (κ2) is 8.54. The third-order valence-electron chi connectivity index (χ3n) is 4.09. The van der Waals surface area contributed by atoms with Gasteiger partial charge in [0.05, 0.1) is 4.99 Å². The number of piperazine rings is 1. The number of hydrogen-bond donors (Lipinski definition) is 1. The summed E-state index contributed by atoms with van der Waals surface area (Å²) >= 11 is 4.83. The highest BCUT2D eigenvalue weighted by atomic mass is 32.1. The van der Waals surface area contributed by atoms with Gasteiger partial charge in [0.15, 0.2) is 0 Å². The number of hydrogen-bond acceptors (Lipinski definition) is 4. The number of nitrogens with zero attached hydrogens (tertiary/aromatic N) is 3. The van der Waals surface area contributed by atoms with E-state index in [1.165, 1.54) is 0 Å². The predicted octanol–water partition coefficient (Wildman–Crippen LogP) is 0.537. The van der Waals surface area contributed by atoms with E-state index in [4.69, 9.17) is 18.0 Å². The van der Waals surface area contributed by atoms with Gasteiger partial charge in [0.25, 0.3) is 0 Å². The minimum Gasteiger partial charge on any atom is -0.393 e. The highest BCUT2D eigenvalue weighted by Crippen LogP contribution is 2.11. The average molecular weight is 300 g/mol. The van der Waals surface area contributed by atoms with Crippen molar-refractivity contribution in [3.63, 3.8) is 0 Å². The van der Waals surface area contributed by atoms with E-state index in [1.54, 1.807) is 4.90 Å². The van der Waals surface area contributed by atoms with E-state index in [9.17, 15) is 4.79 Å². The van der Waals surface area contributed by atoms with Crippen LogP contribution in [0.3, 0.4) is 0 Å². The van der Waals surface area contributed by atoms with Crippen molar-refractivity contribution in [3.05, 3.63) is 0 Å². The molecule has 2 N–H and O–H groups in total. The van der Waals surface area contributed by atoms with Crippen LogP contribution in [0, 0.1) is 0 Å². The van der Waals surface area contributed by atoms with E-state index in [2.05, 4.69) is 23.8 Å². The summed E-state index contributed by atoms with van der Waals surface area (Å²) in [5.74, 6) is 0.174. The molecule has 1 aliphatic heterocycles. The molecule has 0 aromatic rings. The lowest BCUT2D eigenvalue weighted by Crippen LogP contribution is -2.51. The van der Waals surface area contributed by atoms with Gasteiger partial charge in [0.1, 0.15) is 0 Å². The van der Waals surface area contributed by atoms with Crippen molar-refractivity contribution >= 4 is 23.1 Å². The summed E-state index contributed by atoms with van der Waals surface area (Å²) in [6.45, 7) is 6.89. The maximum absolute atomic E-state index is 12.0. The van der Waals surface area contributed by atoms with Crippen LogP contribution in [0.25, 0.3) is 0 Å². The molecule has 0 bridgehead atoms. The summed E-state index contributed by atoms with van der Waals surface area (Å²) in [6, 6.07) is 0.617. The zero-order valence-corrected chi connectivity index (χ0v) is 13.8. The summed E-state index contributed by atoms with van der Waals surface area (Å²) in [5.41, 5.74) is 5.46. The molecule has 1 amide bonds. The lowest BCUT2D eigenvalue weighted by atomic mass is 10.1. The third-order valence-corrected chi connectivity index (χ3v) is 4.30. The van der Waals surface area contributed by atoms with Crippen molar-refractivity contribution in [3.8, 4) is 0 Å². The molecule has 1 heterocycles. The number of thiocarbonyl (C=S) groups is 1. The molecule has 0 aliphatic carbocycles. The fourth-order valence-corrected chi connectivity index (χ4v) is 2.59. The first-order valence-corrected chi connectivity index (χ1v) is 7.79. The van der Waals surface area contributed by atoms with Crippen molar-refractivity contribution in [2.45, 2.75) is 32.2 Å². The van der Waals surface area contributed by atoms with Crippen molar-refractivity contribution in [2.24, 2.45) is 5.73 Å². The minimum atomic E-state index is 0.174. The van der Waals surface area contributed by atoms with Crippen LogP contribution in [0.1, 0.15) is 26.2 Å². The van der Waals surface area contributed by atoms with Gasteiger partial charge in [0, 0.05) is 58.7 Å². The molecule has 0 saturated carbocycles. The lowest BCUT2D eigenvalue weighted by molar-refractivity contribution is -0.130. The van der Waals surface area contributed by atoms with Gasteiger partial charge in [-0.3, -0.25) is 9.69 Å². The number of nitrogens with two attached hydrogens (primary N) is 1. The number of carbonyl (C=O) groups is 1. The molecular formula is C14H28N4OS. The zero-order chi connectivity index (χ0) is 15.1. The lowest BCUT2D eigenvalue weighted by Gasteiger charge is -2.39. The minimum absolute atomic E-state index is 0.174. The van der Waals surface area contributed by atoms with Crippen molar-refractivity contribution in [1.29, 1.82) is 0 Å². The first kappa shape index (κ1) is 17.3. The Morgan fingerprint density at radius 2 is 2.10 bits per heavy atom. The molecule has 20 heavy (non-hydrogen) atoms. The molecule has 1 unspecified atom stereocenters. The highest BCUT2D eigenvalue weighted by molar-refractivity contribution is 7.80. The quantitative estimate of drug-likeness (QED) is 0.696. The van der Waals surface area contributed by atoms with Gasteiger partial charge in [0.2, 0.25) is 5.91 Å². The number of amides is 1. The van der Waals surface area contributed by atoms with Crippen LogP contribution in [0.5, 0.6) is 0 Å². The van der Waals surface area contributed by atoms with Crippen molar-refractivity contribution in [2.75, 3.05) is 46.8 Å². The van der Waals surface area contributed by atoms with Crippen molar-refractivity contribution < 1.29 is 4.79 Å². The van der Waals surface area contributed by atoms with Gasteiger partial charge in [-0.2, -0.15) is 0 Å². The molecule has 0 spiro atoms. The van der Waals surface area contributed by atoms with Gasteiger partial charge >= 0.3 is 0 Å². The summed E-state index contributed by atoms with van der Waals surface area (Å²) in [7, 11) is 4.00. The predicted molar refractivity (Wildman–Crippen MR) is 86.8 cm³/mol. The standard InChI is InChI=1S/C14H28N4OS/c1-4-12-11-18(10-9-16(12)2)8-6-14(19)17(3)7-5-13(15)20/h12H,4-11H2,1-3H3,(H2,15,20). The third kappa shape index (κ3) is 5.73. The Morgan fingerprint density at radius 1 is 1.40 bits per heavy atom. The van der Waals surface area contributed by atoms with E-state index < -0.39 is 0 Å². The Bertz CT molecular complexity index is 337. The van der Waals surface area contributed by atoms with Crippen LogP contribution in [0.2, 0.25) is 0 Å². The van der Waals surface area contributed by atoms with E-state index >= 15 is 0 Å². The van der Waals surface area contributed by atoms with E-state index in [0.29, 0.717) is 30.4 Å². The molecular weight excluding hydrogens is 272 g/mol. The topological polar surface area (TPSA) is 52.8 Å². The number of rotatable bonds is 7. The second-order valence-corrected chi connectivity index (χ2v) is 6.15. The molecule has 1 atom stereocenters. The molecule has 116 valence electrons. The Hall–Kier alpha value is -0.720. The zero-order valence-electron chi connectivity index (χ0n) is 13.0. The normalized spacial score (nSPS) is 20.9. The molecule has 1 aliphatic rings. The molecule has 0 aromatic carbocycles. The van der Waals surface area contributed by atoms with E-state index in [1.807, 2.05) is 7.05 Å². The number of carbonyl (C=O) groups excluding carboxylic acids is 1. The fourth-order valence-electron chi connectivity index (χ4n) is 2.50. The highest BCUT2D eigenvalue weighted by Gasteiger charge is 2.23. The SMILES string of the molecule is CCC1CN(CCC(=O)N(C)CCC(N)=S)CCN1C. The van der Waals surface area contributed by atoms with Crippen LogP contribution in [0.15, 0.2) is 0 Å². The molecule has 1 saturated heterocycles. The largest absolute Gasteiger partial charge is 0.393 e. The second-order valence-electron chi connectivity index (χ2n) is 5.62. The van der Waals surface area contributed by atoms with Crippen LogP contribution in [-0.4, -0.2) is 78.5 Å². The average Bonchev–Trinajstić information content (AvgIpc) is 2.43. The van der Waals surface area contributed by atoms with E-state index in [-0.39, 0.29) is 5.91 Å². The van der Waals surface area contributed by atoms with E-state index in [0.717, 1.165) is 32.6 Å². The van der Waals surface area contributed by atoms with Gasteiger partial charge < -0.3 is 15.5 Å². The fraction of sp³-hybridized carbons (Fsp3) is 0.857. The summed E-state index contributed by atoms with van der Waals surface area (Å²) in [5, 5.41) is 0. The summed E-state index contributed by atoms with van der Waals surface area (Å²) in [6.07, 6.45) is 2.34. The summed E-state index contributed by atoms with van der Waals surface area (Å²) in [4.78, 5) is 19.0. The Balaban J connectivity index is 2.28. The smallest absolute Gasteiger partial charge is 0.223 e. The van der Waals surface area contributed by atoms with Gasteiger partial charge in [-0.15, -0.1) is 0 Å². The molecule has 0 radical (unpaired) electrons. The monoisotopic (exact) mass is 300 g/mol. The maximum Gasteiger partial charge on any atom is 0.223 e. The first-order chi connectivity index (χ1) is 9.43. The molecule has 6 heteroatoms. The van der Waals surface area contributed by atoms with Crippen LogP contribution in [0.4, 0.5) is 0 Å². The Labute approximate surface area is 128 Å². The molecule has 1 fully saturated rings. The van der Waals surface area contributed by atoms with Gasteiger partial charge in [-0.25, -0.2) is 0 Å². The maximum atomic E-state index is 12.0. The number of likely N-dealkylation sites (N-methyl/N-ethyl adjacent to an activating group) is 1. The summed E-state index contributed by atoms with van der Waals surface area (Å²) < 4.78 is 0. The Morgan fingerprint density at radius 3 is 2.70 bits per heavy atom. The first-order valence-electron chi connectivity index (χ1n) is 7.39. The molecule has 1 rings (SSSR count). The van der Waals surface area contributed by atoms with Crippen LogP contribution >= 0.6 is 12.2 Å². The van der Waals surface area contributed by atoms with Gasteiger partial charge in [-0.1, -0.05) is 19.1 Å². The van der Waals surface area contributed by atoms with Gasteiger partial charge in [-0.05, 0) is 13.5 Å². The van der Waals surface area contributed by atoms with Crippen LogP contribution in [-0.2, 0) is 4.79 Å².